The van der Waals surface area contributed by atoms with Crippen molar-refractivity contribution in [1.29, 1.82) is 0 Å². The maximum atomic E-state index is 12.0. The summed E-state index contributed by atoms with van der Waals surface area (Å²) in [7, 11) is 0. The number of rotatable bonds is 2. The van der Waals surface area contributed by atoms with Gasteiger partial charge in [-0.2, -0.15) is 0 Å². The molecule has 2 aliphatic rings. The van der Waals surface area contributed by atoms with Crippen molar-refractivity contribution in [2.75, 3.05) is 6.61 Å². The molecule has 1 aromatic carbocycles. The van der Waals surface area contributed by atoms with Crippen molar-refractivity contribution in [3.63, 3.8) is 0 Å². The summed E-state index contributed by atoms with van der Waals surface area (Å²) in [5, 5.41) is 5.37. The molecule has 100 valence electrons. The van der Waals surface area contributed by atoms with Crippen molar-refractivity contribution in [2.45, 2.75) is 19.2 Å². The molecule has 2 aliphatic heterocycles. The average molecular weight is 262 g/mol. The number of carbonyl (C=O) groups excluding carboxylic acids is 2. The molecule has 2 amide bonds. The number of amides is 2. The van der Waals surface area contributed by atoms with Gasteiger partial charge in [0, 0.05) is 5.56 Å². The fourth-order valence-electron chi connectivity index (χ4n) is 2.52. The van der Waals surface area contributed by atoms with Crippen LogP contribution in [0.3, 0.4) is 0 Å². The van der Waals surface area contributed by atoms with E-state index in [4.69, 9.17) is 9.47 Å². The first-order valence-electron chi connectivity index (χ1n) is 6.20. The van der Waals surface area contributed by atoms with Gasteiger partial charge in [0.25, 0.3) is 0 Å². The van der Waals surface area contributed by atoms with Crippen LogP contribution < -0.4 is 15.4 Å². The lowest BCUT2D eigenvalue weighted by atomic mass is 9.87. The number of ether oxygens (including phenoxy) is 2. The first kappa shape index (κ1) is 11.8. The zero-order valence-electron chi connectivity index (χ0n) is 10.4. The summed E-state index contributed by atoms with van der Waals surface area (Å²) >= 11 is 0. The standard InChI is InChI=1S/C13H14N2O4/c1-2-18-12(16)9-10-7-5-3-4-6-8(7)19-11(9)15-13(17)14-10/h3-6,9-11H,2H2,1H3,(H2,14,15,17)/t9-,10+,11+/m1/s1. The van der Waals surface area contributed by atoms with Crippen LogP contribution in [0.1, 0.15) is 18.5 Å². The van der Waals surface area contributed by atoms with Gasteiger partial charge < -0.3 is 20.1 Å². The molecule has 19 heavy (non-hydrogen) atoms. The number of benzene rings is 1. The quantitative estimate of drug-likeness (QED) is 0.778. The number of nitrogens with one attached hydrogen (secondary N) is 2. The third-order valence-corrected chi connectivity index (χ3v) is 3.31. The number of esters is 1. The monoisotopic (exact) mass is 262 g/mol. The predicted octanol–water partition coefficient (Wildman–Crippen LogP) is 0.938. The third-order valence-electron chi connectivity index (χ3n) is 3.31. The number of fused-ring (bicyclic) bond motifs is 4. The highest BCUT2D eigenvalue weighted by Gasteiger charge is 2.48. The first-order chi connectivity index (χ1) is 9.20. The molecule has 1 saturated heterocycles. The van der Waals surface area contributed by atoms with Crippen LogP contribution in [0.15, 0.2) is 24.3 Å². The minimum absolute atomic E-state index is 0.296. The highest BCUT2D eigenvalue weighted by Crippen LogP contribution is 2.39. The summed E-state index contributed by atoms with van der Waals surface area (Å²) in [5.74, 6) is -0.280. The summed E-state index contributed by atoms with van der Waals surface area (Å²) in [5.41, 5.74) is 0.798. The molecule has 0 saturated carbocycles. The van der Waals surface area contributed by atoms with E-state index < -0.39 is 18.2 Å². The number of urea groups is 1. The number of hydrogen-bond donors (Lipinski definition) is 2. The molecule has 3 rings (SSSR count). The second-order valence-electron chi connectivity index (χ2n) is 4.45. The molecule has 0 radical (unpaired) electrons. The topological polar surface area (TPSA) is 76.7 Å². The molecule has 2 bridgehead atoms. The lowest BCUT2D eigenvalue weighted by Gasteiger charge is -2.42. The molecule has 1 fully saturated rings. The summed E-state index contributed by atoms with van der Waals surface area (Å²) in [6.45, 7) is 2.04. The summed E-state index contributed by atoms with van der Waals surface area (Å²) < 4.78 is 10.7. The van der Waals surface area contributed by atoms with Crippen molar-refractivity contribution in [3.05, 3.63) is 29.8 Å². The molecule has 2 N–H and O–H groups in total. The highest BCUT2D eigenvalue weighted by molar-refractivity contribution is 5.82. The van der Waals surface area contributed by atoms with E-state index in [0.29, 0.717) is 12.4 Å². The van der Waals surface area contributed by atoms with E-state index in [9.17, 15) is 9.59 Å². The van der Waals surface area contributed by atoms with Gasteiger partial charge in [0.05, 0.1) is 12.6 Å². The Hall–Kier alpha value is -2.24. The second kappa shape index (κ2) is 4.46. The summed E-state index contributed by atoms with van der Waals surface area (Å²) in [6, 6.07) is 6.59. The Bertz CT molecular complexity index is 531. The van der Waals surface area contributed by atoms with Gasteiger partial charge in [-0.25, -0.2) is 4.79 Å². The molecule has 0 spiro atoms. The van der Waals surface area contributed by atoms with Crippen LogP contribution in [0.4, 0.5) is 4.79 Å². The van der Waals surface area contributed by atoms with Gasteiger partial charge in [-0.05, 0) is 13.0 Å². The van der Waals surface area contributed by atoms with Crippen LogP contribution in [0, 0.1) is 5.92 Å². The van der Waals surface area contributed by atoms with Crippen molar-refractivity contribution in [3.8, 4) is 5.75 Å². The van der Waals surface area contributed by atoms with E-state index in [1.807, 2.05) is 24.3 Å². The molecule has 1 aromatic rings. The Morgan fingerprint density at radius 1 is 1.37 bits per heavy atom. The molecule has 3 atom stereocenters. The number of hydrogen-bond acceptors (Lipinski definition) is 4. The second-order valence-corrected chi connectivity index (χ2v) is 4.45. The minimum atomic E-state index is -0.687. The van der Waals surface area contributed by atoms with Gasteiger partial charge in [0.2, 0.25) is 0 Å². The zero-order chi connectivity index (χ0) is 13.4. The first-order valence-corrected chi connectivity index (χ1v) is 6.20. The van der Waals surface area contributed by atoms with E-state index in [0.717, 1.165) is 5.56 Å². The smallest absolute Gasteiger partial charge is 0.318 e. The highest BCUT2D eigenvalue weighted by atomic mass is 16.5. The molecule has 2 heterocycles. The maximum Gasteiger partial charge on any atom is 0.318 e. The van der Waals surface area contributed by atoms with Gasteiger partial charge in [-0.15, -0.1) is 0 Å². The van der Waals surface area contributed by atoms with Crippen molar-refractivity contribution in [1.82, 2.24) is 10.6 Å². The van der Waals surface area contributed by atoms with Crippen molar-refractivity contribution < 1.29 is 19.1 Å². The molecule has 0 unspecified atom stereocenters. The Morgan fingerprint density at radius 3 is 2.95 bits per heavy atom. The summed E-state index contributed by atoms with van der Waals surface area (Å²) in [4.78, 5) is 23.6. The van der Waals surface area contributed by atoms with Gasteiger partial charge in [0.1, 0.15) is 11.7 Å². The Balaban J connectivity index is 2.00. The zero-order valence-corrected chi connectivity index (χ0v) is 10.4. The van der Waals surface area contributed by atoms with E-state index in [1.165, 1.54) is 0 Å². The maximum absolute atomic E-state index is 12.0. The normalized spacial score (nSPS) is 27.4. The van der Waals surface area contributed by atoms with E-state index in [2.05, 4.69) is 10.6 Å². The molecule has 0 aliphatic carbocycles. The van der Waals surface area contributed by atoms with Gasteiger partial charge in [-0.1, -0.05) is 18.2 Å². The molecule has 0 aromatic heterocycles. The van der Waals surface area contributed by atoms with Crippen LogP contribution in [0.2, 0.25) is 0 Å². The molecular weight excluding hydrogens is 248 g/mol. The van der Waals surface area contributed by atoms with Crippen LogP contribution in [-0.4, -0.2) is 24.8 Å². The largest absolute Gasteiger partial charge is 0.469 e. The van der Waals surface area contributed by atoms with E-state index in [1.54, 1.807) is 6.92 Å². The van der Waals surface area contributed by atoms with Crippen LogP contribution in [0.25, 0.3) is 0 Å². The van der Waals surface area contributed by atoms with Crippen molar-refractivity contribution in [2.24, 2.45) is 5.92 Å². The van der Waals surface area contributed by atoms with E-state index >= 15 is 0 Å². The van der Waals surface area contributed by atoms with E-state index in [-0.39, 0.29) is 12.0 Å². The summed E-state index contributed by atoms with van der Waals surface area (Å²) in [6.07, 6.45) is -0.687. The van der Waals surface area contributed by atoms with Gasteiger partial charge >= 0.3 is 12.0 Å². The average Bonchev–Trinajstić information content (AvgIpc) is 2.38. The van der Waals surface area contributed by atoms with Crippen LogP contribution in [0.5, 0.6) is 5.75 Å². The Kier molecular flexibility index (Phi) is 2.77. The van der Waals surface area contributed by atoms with Crippen molar-refractivity contribution >= 4 is 12.0 Å². The minimum Gasteiger partial charge on any atom is -0.469 e. The lowest BCUT2D eigenvalue weighted by Crippen LogP contribution is -2.62. The Morgan fingerprint density at radius 2 is 2.16 bits per heavy atom. The SMILES string of the molecule is CCOC(=O)[C@H]1[C@H]2NC(=O)N[C@H]1c1ccccc1O2. The predicted molar refractivity (Wildman–Crippen MR) is 65.4 cm³/mol. The van der Waals surface area contributed by atoms with Crippen LogP contribution >= 0.6 is 0 Å². The van der Waals surface area contributed by atoms with Gasteiger partial charge in [-0.3, -0.25) is 4.79 Å². The number of carbonyl (C=O) groups is 2. The molecule has 6 nitrogen and oxygen atoms in total. The molecule has 6 heteroatoms. The number of para-hydroxylation sites is 1. The third kappa shape index (κ3) is 1.89. The van der Waals surface area contributed by atoms with Gasteiger partial charge in [0.15, 0.2) is 6.23 Å². The van der Waals surface area contributed by atoms with Crippen LogP contribution in [-0.2, 0) is 9.53 Å². The lowest BCUT2D eigenvalue weighted by molar-refractivity contribution is -0.155. The Labute approximate surface area is 110 Å². The fraction of sp³-hybridized carbons (Fsp3) is 0.385. The fourth-order valence-corrected chi connectivity index (χ4v) is 2.52. The molecular formula is C13H14N2O4.